The van der Waals surface area contributed by atoms with Crippen molar-refractivity contribution in [2.45, 2.75) is 11.7 Å². The minimum Gasteiger partial charge on any atom is -0.480 e. The molecule has 0 bridgehead atoms. The molecular formula is C10H8Cl2O3S. The molecular weight excluding hydrogens is 271 g/mol. The van der Waals surface area contributed by atoms with Gasteiger partial charge in [-0.2, -0.15) is 12.6 Å². The second-order valence-corrected chi connectivity index (χ2v) is 4.57. The maximum atomic E-state index is 11.7. The number of hydrogen-bond acceptors (Lipinski definition) is 3. The Balaban J connectivity index is 2.85. The fourth-order valence-corrected chi connectivity index (χ4v) is 1.77. The molecule has 0 spiro atoms. The summed E-state index contributed by atoms with van der Waals surface area (Å²) in [6, 6.07) is 4.43. The Bertz CT molecular complexity index is 434. The highest BCUT2D eigenvalue weighted by Crippen LogP contribution is 2.23. The lowest BCUT2D eigenvalue weighted by molar-refractivity contribution is -0.136. The second-order valence-electron chi connectivity index (χ2n) is 3.11. The van der Waals surface area contributed by atoms with Crippen LogP contribution in [0.1, 0.15) is 16.8 Å². The molecule has 6 heteroatoms. The summed E-state index contributed by atoms with van der Waals surface area (Å²) in [6.45, 7) is 0. The minimum atomic E-state index is -1.14. The summed E-state index contributed by atoms with van der Waals surface area (Å²) >= 11 is 15.3. The molecule has 0 heterocycles. The normalized spacial score (nSPS) is 12.2. The summed E-state index contributed by atoms with van der Waals surface area (Å²) in [5.41, 5.74) is 0.256. The Morgan fingerprint density at radius 1 is 1.38 bits per heavy atom. The number of carbonyl (C=O) groups excluding carboxylic acids is 1. The van der Waals surface area contributed by atoms with E-state index in [0.29, 0.717) is 5.02 Å². The van der Waals surface area contributed by atoms with E-state index < -0.39 is 11.2 Å². The first kappa shape index (κ1) is 13.4. The van der Waals surface area contributed by atoms with Crippen LogP contribution in [-0.4, -0.2) is 22.1 Å². The molecule has 16 heavy (non-hydrogen) atoms. The molecule has 0 aromatic heterocycles. The van der Waals surface area contributed by atoms with E-state index >= 15 is 0 Å². The Kier molecular flexibility index (Phi) is 4.65. The smallest absolute Gasteiger partial charge is 0.316 e. The Hall–Kier alpha value is -0.710. The molecule has 0 radical (unpaired) electrons. The molecule has 1 atom stereocenters. The lowest BCUT2D eigenvalue weighted by atomic mass is 10.1. The van der Waals surface area contributed by atoms with Gasteiger partial charge < -0.3 is 5.11 Å². The van der Waals surface area contributed by atoms with Crippen LogP contribution in [0.5, 0.6) is 0 Å². The quantitative estimate of drug-likeness (QED) is 0.658. The molecule has 1 rings (SSSR count). The summed E-state index contributed by atoms with van der Waals surface area (Å²) in [6.07, 6.45) is -0.209. The Labute approximate surface area is 108 Å². The van der Waals surface area contributed by atoms with Gasteiger partial charge in [0.1, 0.15) is 5.25 Å². The van der Waals surface area contributed by atoms with Crippen molar-refractivity contribution in [1.29, 1.82) is 0 Å². The van der Waals surface area contributed by atoms with E-state index in [9.17, 15) is 9.59 Å². The highest BCUT2D eigenvalue weighted by molar-refractivity contribution is 7.81. The van der Waals surface area contributed by atoms with Crippen molar-refractivity contribution in [3.05, 3.63) is 33.8 Å². The van der Waals surface area contributed by atoms with Gasteiger partial charge in [-0.15, -0.1) is 0 Å². The average molecular weight is 279 g/mol. The summed E-state index contributed by atoms with van der Waals surface area (Å²) in [5, 5.41) is 8.21. The Morgan fingerprint density at radius 3 is 2.50 bits per heavy atom. The first-order chi connectivity index (χ1) is 7.41. The van der Waals surface area contributed by atoms with Gasteiger partial charge in [-0.1, -0.05) is 23.2 Å². The summed E-state index contributed by atoms with van der Waals surface area (Å²) in [7, 11) is 0. The Morgan fingerprint density at radius 2 is 2.00 bits per heavy atom. The lowest BCUT2D eigenvalue weighted by Crippen LogP contribution is -2.18. The number of hydrogen-bond donors (Lipinski definition) is 2. The zero-order chi connectivity index (χ0) is 12.3. The topological polar surface area (TPSA) is 54.4 Å². The number of halogens is 2. The molecule has 0 aliphatic rings. The highest BCUT2D eigenvalue weighted by Gasteiger charge is 2.19. The fourth-order valence-electron chi connectivity index (χ4n) is 1.09. The van der Waals surface area contributed by atoms with Gasteiger partial charge in [0.2, 0.25) is 0 Å². The van der Waals surface area contributed by atoms with Crippen molar-refractivity contribution in [3.63, 3.8) is 0 Å². The van der Waals surface area contributed by atoms with Gasteiger partial charge in [-0.3, -0.25) is 9.59 Å². The van der Waals surface area contributed by atoms with Crippen LogP contribution in [0.15, 0.2) is 18.2 Å². The number of aliphatic carboxylic acids is 1. The maximum Gasteiger partial charge on any atom is 0.316 e. The SMILES string of the molecule is O=C(CC(S)C(=O)O)c1ccc(Cl)cc1Cl. The third kappa shape index (κ3) is 3.40. The monoisotopic (exact) mass is 278 g/mol. The molecule has 1 N–H and O–H groups in total. The highest BCUT2D eigenvalue weighted by atomic mass is 35.5. The van der Waals surface area contributed by atoms with Crippen molar-refractivity contribution in [1.82, 2.24) is 0 Å². The molecule has 0 saturated heterocycles. The number of benzene rings is 1. The zero-order valence-corrected chi connectivity index (χ0v) is 10.4. The van der Waals surface area contributed by atoms with Gasteiger partial charge in [0, 0.05) is 17.0 Å². The number of carbonyl (C=O) groups is 2. The predicted molar refractivity (Wildman–Crippen MR) is 65.8 cm³/mol. The molecule has 86 valence electrons. The number of ketones is 1. The van der Waals surface area contributed by atoms with Crippen LogP contribution >= 0.6 is 35.8 Å². The zero-order valence-electron chi connectivity index (χ0n) is 7.98. The van der Waals surface area contributed by atoms with E-state index in [1.54, 1.807) is 0 Å². The first-order valence-corrected chi connectivity index (χ1v) is 5.58. The number of Topliss-reactive ketones (excluding diaryl/α,β-unsaturated/α-hetero) is 1. The van der Waals surface area contributed by atoms with Crippen molar-refractivity contribution in [2.24, 2.45) is 0 Å². The van der Waals surface area contributed by atoms with Crippen LogP contribution in [0.25, 0.3) is 0 Å². The average Bonchev–Trinajstić information content (AvgIpc) is 2.16. The van der Waals surface area contributed by atoms with Gasteiger partial charge in [0.25, 0.3) is 0 Å². The van der Waals surface area contributed by atoms with Gasteiger partial charge in [0.05, 0.1) is 5.02 Å². The molecule has 0 fully saturated rings. The van der Waals surface area contributed by atoms with Gasteiger partial charge in [-0.05, 0) is 18.2 Å². The van der Waals surface area contributed by atoms with E-state index in [2.05, 4.69) is 12.6 Å². The van der Waals surface area contributed by atoms with Crippen molar-refractivity contribution in [2.75, 3.05) is 0 Å². The van der Waals surface area contributed by atoms with Gasteiger partial charge in [-0.25, -0.2) is 0 Å². The van der Waals surface area contributed by atoms with Gasteiger partial charge in [0.15, 0.2) is 5.78 Å². The van der Waals surface area contributed by atoms with Crippen LogP contribution < -0.4 is 0 Å². The third-order valence-corrected chi connectivity index (χ3v) is 2.85. The van der Waals surface area contributed by atoms with E-state index in [1.165, 1.54) is 18.2 Å². The van der Waals surface area contributed by atoms with E-state index in [0.717, 1.165) is 0 Å². The second kappa shape index (κ2) is 5.57. The molecule has 1 unspecified atom stereocenters. The van der Waals surface area contributed by atoms with E-state index in [1.807, 2.05) is 0 Å². The van der Waals surface area contributed by atoms with Crippen LogP contribution in [0, 0.1) is 0 Å². The summed E-state index contributed by atoms with van der Waals surface area (Å²) in [5.74, 6) is -1.51. The number of thiol groups is 1. The number of rotatable bonds is 4. The van der Waals surface area contributed by atoms with E-state index in [-0.39, 0.29) is 22.8 Å². The van der Waals surface area contributed by atoms with Crippen molar-refractivity contribution in [3.8, 4) is 0 Å². The molecule has 3 nitrogen and oxygen atoms in total. The van der Waals surface area contributed by atoms with Crippen molar-refractivity contribution >= 4 is 47.6 Å². The standard InChI is InChI=1S/C10H8Cl2O3S/c11-5-1-2-6(7(12)3-5)8(13)4-9(16)10(14)15/h1-3,9,16H,4H2,(H,14,15). The molecule has 0 amide bonds. The summed E-state index contributed by atoms with van der Waals surface area (Å²) in [4.78, 5) is 22.2. The van der Waals surface area contributed by atoms with Gasteiger partial charge >= 0.3 is 5.97 Å². The molecule has 1 aromatic carbocycles. The van der Waals surface area contributed by atoms with Crippen LogP contribution in [0.2, 0.25) is 10.0 Å². The fraction of sp³-hybridized carbons (Fsp3) is 0.200. The third-order valence-electron chi connectivity index (χ3n) is 1.90. The molecule has 0 aliphatic heterocycles. The van der Waals surface area contributed by atoms with Crippen LogP contribution in [0.4, 0.5) is 0 Å². The van der Waals surface area contributed by atoms with Crippen LogP contribution in [0.3, 0.4) is 0 Å². The largest absolute Gasteiger partial charge is 0.480 e. The first-order valence-electron chi connectivity index (χ1n) is 4.31. The number of carboxylic acid groups (broad SMARTS) is 1. The number of carboxylic acids is 1. The maximum absolute atomic E-state index is 11.7. The summed E-state index contributed by atoms with van der Waals surface area (Å²) < 4.78 is 0. The minimum absolute atomic E-state index is 0.209. The molecule has 0 aliphatic carbocycles. The molecule has 1 aromatic rings. The van der Waals surface area contributed by atoms with E-state index in [4.69, 9.17) is 28.3 Å². The van der Waals surface area contributed by atoms with Crippen LogP contribution in [-0.2, 0) is 4.79 Å². The molecule has 0 saturated carbocycles. The predicted octanol–water partition coefficient (Wildman–Crippen LogP) is 2.95. The van der Waals surface area contributed by atoms with Crippen molar-refractivity contribution < 1.29 is 14.7 Å². The lowest BCUT2D eigenvalue weighted by Gasteiger charge is -2.06.